The number of hydrogen-bond acceptors (Lipinski definition) is 3. The van der Waals surface area contributed by atoms with Gasteiger partial charge in [-0.05, 0) is 18.7 Å². The molecule has 2 aliphatic rings. The van der Waals surface area contributed by atoms with Crippen molar-refractivity contribution < 1.29 is 9.47 Å². The first-order valence-corrected chi connectivity index (χ1v) is 7.81. The van der Waals surface area contributed by atoms with Crippen molar-refractivity contribution in [2.24, 2.45) is 0 Å². The van der Waals surface area contributed by atoms with E-state index in [1.54, 1.807) is 0 Å². The zero-order chi connectivity index (χ0) is 13.3. The fourth-order valence-corrected chi connectivity index (χ4v) is 3.46. The average molecular weight is 326 g/mol. The summed E-state index contributed by atoms with van der Waals surface area (Å²) in [5.41, 5.74) is 1.24. The number of ether oxygens (including phenoxy) is 2. The summed E-state index contributed by atoms with van der Waals surface area (Å²) >= 11 is 3.54. The largest absolute Gasteiger partial charge is 0.487 e. The van der Waals surface area contributed by atoms with Crippen LogP contribution in [0, 0.1) is 0 Å². The van der Waals surface area contributed by atoms with E-state index in [0.29, 0.717) is 6.04 Å². The first-order valence-electron chi connectivity index (χ1n) is 7.02. The molecule has 0 bridgehead atoms. The van der Waals surface area contributed by atoms with Gasteiger partial charge in [0.2, 0.25) is 0 Å². The molecule has 104 valence electrons. The highest BCUT2D eigenvalue weighted by molar-refractivity contribution is 9.10. The normalized spacial score (nSPS) is 24.8. The predicted octanol–water partition coefficient (Wildman–Crippen LogP) is 3.43. The minimum Gasteiger partial charge on any atom is -0.487 e. The highest BCUT2D eigenvalue weighted by atomic mass is 79.9. The molecule has 1 aromatic carbocycles. The summed E-state index contributed by atoms with van der Waals surface area (Å²) < 4.78 is 12.9. The lowest BCUT2D eigenvalue weighted by Crippen LogP contribution is -2.47. The van der Waals surface area contributed by atoms with Crippen molar-refractivity contribution in [2.45, 2.75) is 37.8 Å². The van der Waals surface area contributed by atoms with Gasteiger partial charge in [-0.3, -0.25) is 0 Å². The standard InChI is InChI=1S/C15H20BrNO2/c1-2-17-13-10-15(5-7-18-8-6-15)19-14-9-11(16)3-4-12(13)14/h3-4,9,13,17H,2,5-8,10H2,1H3. The predicted molar refractivity (Wildman–Crippen MR) is 78.6 cm³/mol. The number of nitrogens with one attached hydrogen (secondary N) is 1. The summed E-state index contributed by atoms with van der Waals surface area (Å²) in [6, 6.07) is 6.74. The molecule has 0 aromatic heterocycles. The Morgan fingerprint density at radius 1 is 1.37 bits per heavy atom. The quantitative estimate of drug-likeness (QED) is 0.903. The lowest BCUT2D eigenvalue weighted by atomic mass is 9.82. The van der Waals surface area contributed by atoms with Crippen LogP contribution in [-0.4, -0.2) is 25.4 Å². The van der Waals surface area contributed by atoms with Crippen molar-refractivity contribution in [3.63, 3.8) is 0 Å². The Morgan fingerprint density at radius 3 is 2.89 bits per heavy atom. The van der Waals surface area contributed by atoms with Gasteiger partial charge in [0.15, 0.2) is 0 Å². The Morgan fingerprint density at radius 2 is 2.16 bits per heavy atom. The van der Waals surface area contributed by atoms with E-state index in [9.17, 15) is 0 Å². The maximum absolute atomic E-state index is 6.37. The van der Waals surface area contributed by atoms with Gasteiger partial charge in [-0.25, -0.2) is 0 Å². The summed E-state index contributed by atoms with van der Waals surface area (Å²) in [6.07, 6.45) is 3.01. The second-order valence-electron chi connectivity index (χ2n) is 5.39. The van der Waals surface area contributed by atoms with Crippen molar-refractivity contribution in [2.75, 3.05) is 19.8 Å². The molecule has 1 atom stereocenters. The Kier molecular flexibility index (Phi) is 3.83. The maximum Gasteiger partial charge on any atom is 0.126 e. The van der Waals surface area contributed by atoms with Crippen LogP contribution in [0.1, 0.15) is 37.8 Å². The Hall–Kier alpha value is -0.580. The topological polar surface area (TPSA) is 30.5 Å². The monoisotopic (exact) mass is 325 g/mol. The van der Waals surface area contributed by atoms with Crippen LogP contribution < -0.4 is 10.1 Å². The average Bonchev–Trinajstić information content (AvgIpc) is 2.39. The number of hydrogen-bond donors (Lipinski definition) is 1. The number of benzene rings is 1. The summed E-state index contributed by atoms with van der Waals surface area (Å²) in [5.74, 6) is 1.02. The molecule has 2 heterocycles. The summed E-state index contributed by atoms with van der Waals surface area (Å²) in [6.45, 7) is 4.75. The highest BCUT2D eigenvalue weighted by Gasteiger charge is 2.42. The molecule has 1 spiro atoms. The Bertz CT molecular complexity index is 457. The van der Waals surface area contributed by atoms with Gasteiger partial charge < -0.3 is 14.8 Å². The van der Waals surface area contributed by atoms with E-state index in [1.807, 2.05) is 0 Å². The van der Waals surface area contributed by atoms with Crippen molar-refractivity contribution in [3.05, 3.63) is 28.2 Å². The van der Waals surface area contributed by atoms with Gasteiger partial charge in [0.1, 0.15) is 11.4 Å². The number of fused-ring (bicyclic) bond motifs is 1. The molecule has 4 heteroatoms. The minimum absolute atomic E-state index is 0.0428. The third-order valence-electron chi connectivity index (χ3n) is 4.11. The van der Waals surface area contributed by atoms with Crippen molar-refractivity contribution in [3.8, 4) is 5.75 Å². The van der Waals surface area contributed by atoms with Crippen molar-refractivity contribution in [1.29, 1.82) is 0 Å². The fourth-order valence-electron chi connectivity index (χ4n) is 3.12. The van der Waals surface area contributed by atoms with Crippen LogP contribution in [0.3, 0.4) is 0 Å². The van der Waals surface area contributed by atoms with E-state index in [2.05, 4.69) is 46.4 Å². The summed E-state index contributed by atoms with van der Waals surface area (Å²) in [4.78, 5) is 0. The first kappa shape index (κ1) is 13.4. The van der Waals surface area contributed by atoms with E-state index in [1.165, 1.54) is 5.56 Å². The van der Waals surface area contributed by atoms with Gasteiger partial charge in [0, 0.05) is 35.3 Å². The SMILES string of the molecule is CCNC1CC2(CCOCC2)Oc2cc(Br)ccc21. The van der Waals surface area contributed by atoms with Gasteiger partial charge in [0.05, 0.1) is 13.2 Å². The Labute approximate surface area is 122 Å². The third-order valence-corrected chi connectivity index (χ3v) is 4.60. The van der Waals surface area contributed by atoms with Gasteiger partial charge in [0.25, 0.3) is 0 Å². The molecule has 0 saturated carbocycles. The molecular formula is C15H20BrNO2. The zero-order valence-corrected chi connectivity index (χ0v) is 12.8. The molecule has 3 nitrogen and oxygen atoms in total. The summed E-state index contributed by atoms with van der Waals surface area (Å²) in [7, 11) is 0. The molecule has 0 amide bonds. The fraction of sp³-hybridized carbons (Fsp3) is 0.600. The molecule has 3 rings (SSSR count). The number of rotatable bonds is 2. The van der Waals surface area contributed by atoms with Gasteiger partial charge in [-0.2, -0.15) is 0 Å². The lowest BCUT2D eigenvalue weighted by Gasteiger charge is -2.44. The molecular weight excluding hydrogens is 306 g/mol. The molecule has 0 aliphatic carbocycles. The van der Waals surface area contributed by atoms with Crippen LogP contribution in [0.15, 0.2) is 22.7 Å². The van der Waals surface area contributed by atoms with Crippen LogP contribution in [-0.2, 0) is 4.74 Å². The van der Waals surface area contributed by atoms with Gasteiger partial charge in [-0.1, -0.05) is 28.9 Å². The first-order chi connectivity index (χ1) is 9.22. The van der Waals surface area contributed by atoms with E-state index >= 15 is 0 Å². The van der Waals surface area contributed by atoms with Crippen LogP contribution in [0.2, 0.25) is 0 Å². The molecule has 1 aromatic rings. The molecule has 1 N–H and O–H groups in total. The van der Waals surface area contributed by atoms with E-state index in [0.717, 1.165) is 49.2 Å². The van der Waals surface area contributed by atoms with Gasteiger partial charge >= 0.3 is 0 Å². The van der Waals surface area contributed by atoms with Crippen molar-refractivity contribution >= 4 is 15.9 Å². The molecule has 2 aliphatic heterocycles. The Balaban J connectivity index is 1.94. The third kappa shape index (κ3) is 2.67. The molecule has 1 saturated heterocycles. The summed E-state index contributed by atoms with van der Waals surface area (Å²) in [5, 5.41) is 3.60. The minimum atomic E-state index is -0.0428. The van der Waals surface area contributed by atoms with Crippen molar-refractivity contribution in [1.82, 2.24) is 5.32 Å². The lowest BCUT2D eigenvalue weighted by molar-refractivity contribution is -0.0645. The second-order valence-corrected chi connectivity index (χ2v) is 6.31. The van der Waals surface area contributed by atoms with Crippen LogP contribution in [0.25, 0.3) is 0 Å². The zero-order valence-electron chi connectivity index (χ0n) is 11.2. The molecule has 1 fully saturated rings. The molecule has 19 heavy (non-hydrogen) atoms. The van der Waals surface area contributed by atoms with Crippen LogP contribution >= 0.6 is 15.9 Å². The highest BCUT2D eigenvalue weighted by Crippen LogP contribution is 2.44. The van der Waals surface area contributed by atoms with E-state index in [-0.39, 0.29) is 5.60 Å². The maximum atomic E-state index is 6.37. The molecule has 1 unspecified atom stereocenters. The molecule has 0 radical (unpaired) electrons. The van der Waals surface area contributed by atoms with Crippen LogP contribution in [0.5, 0.6) is 5.75 Å². The van der Waals surface area contributed by atoms with E-state index < -0.39 is 0 Å². The smallest absolute Gasteiger partial charge is 0.126 e. The van der Waals surface area contributed by atoms with E-state index in [4.69, 9.17) is 9.47 Å². The van der Waals surface area contributed by atoms with Gasteiger partial charge in [-0.15, -0.1) is 0 Å². The van der Waals surface area contributed by atoms with Crippen LogP contribution in [0.4, 0.5) is 0 Å². The number of halogens is 1. The second kappa shape index (κ2) is 5.43.